The van der Waals surface area contributed by atoms with Gasteiger partial charge in [-0.15, -0.1) is 0 Å². The third-order valence-corrected chi connectivity index (χ3v) is 6.66. The highest BCUT2D eigenvalue weighted by Crippen LogP contribution is 2.31. The molecule has 37 heavy (non-hydrogen) atoms. The molecule has 10 nitrogen and oxygen atoms in total. The minimum absolute atomic E-state index is 0.0892. The van der Waals surface area contributed by atoms with Gasteiger partial charge in [0.15, 0.2) is 5.92 Å². The lowest BCUT2D eigenvalue weighted by Crippen LogP contribution is -2.64. The number of hydrogen-bond acceptors (Lipinski definition) is 8. The third-order valence-electron chi connectivity index (χ3n) is 6.66. The van der Waals surface area contributed by atoms with Gasteiger partial charge in [0.2, 0.25) is 17.8 Å². The predicted molar refractivity (Wildman–Crippen MR) is 116 cm³/mol. The lowest BCUT2D eigenvalue weighted by molar-refractivity contribution is -0.193. The summed E-state index contributed by atoms with van der Waals surface area (Å²) in [4.78, 5) is 35.3. The molecule has 0 bridgehead atoms. The van der Waals surface area contributed by atoms with Crippen LogP contribution in [0.15, 0.2) is 12.4 Å². The molecule has 3 N–H and O–H groups in total. The Balaban J connectivity index is 1.20. The summed E-state index contributed by atoms with van der Waals surface area (Å²) in [6.45, 7) is 1.43. The zero-order chi connectivity index (χ0) is 26.8. The molecule has 16 heteroatoms. The Morgan fingerprint density at radius 1 is 1.05 bits per heavy atom. The fourth-order valence-electron chi connectivity index (χ4n) is 4.67. The first kappa shape index (κ1) is 27.3. The average Bonchev–Trinajstić information content (AvgIpc) is 3.28. The Morgan fingerprint density at radius 2 is 1.70 bits per heavy atom. The summed E-state index contributed by atoms with van der Waals surface area (Å²) in [5.41, 5.74) is 3.51. The number of alkyl halides is 6. The van der Waals surface area contributed by atoms with Crippen LogP contribution in [0.25, 0.3) is 0 Å². The minimum Gasteiger partial charge on any atom is -0.373 e. The highest BCUT2D eigenvalue weighted by molar-refractivity contribution is 5.80. The Bertz CT molecular complexity index is 953. The summed E-state index contributed by atoms with van der Waals surface area (Å²) in [7, 11) is 0. The van der Waals surface area contributed by atoms with Crippen molar-refractivity contribution in [1.82, 2.24) is 31.0 Å². The Labute approximate surface area is 208 Å². The zero-order valence-electron chi connectivity index (χ0n) is 19.6. The fourth-order valence-corrected chi connectivity index (χ4v) is 4.67. The number of anilines is 1. The van der Waals surface area contributed by atoms with Gasteiger partial charge >= 0.3 is 12.4 Å². The summed E-state index contributed by atoms with van der Waals surface area (Å²) >= 11 is 0. The van der Waals surface area contributed by atoms with Gasteiger partial charge in [0.1, 0.15) is 0 Å². The lowest BCUT2D eigenvalue weighted by atomic mass is 9.96. The molecule has 3 aliphatic rings. The number of carbonyl (C=O) groups is 2. The summed E-state index contributed by atoms with van der Waals surface area (Å²) in [5, 5.41) is 2.78. The number of nitrogens with zero attached hydrogens (tertiary/aromatic N) is 4. The van der Waals surface area contributed by atoms with Crippen molar-refractivity contribution in [2.75, 3.05) is 44.2 Å². The fraction of sp³-hybridized carbons (Fsp3) is 0.714. The van der Waals surface area contributed by atoms with Gasteiger partial charge in [-0.05, 0) is 12.8 Å². The molecule has 2 unspecified atom stereocenters. The molecule has 4 atom stereocenters. The topological polar surface area (TPSA) is 112 Å². The Hall–Kier alpha value is -2.72. The molecule has 206 valence electrons. The van der Waals surface area contributed by atoms with Crippen LogP contribution in [-0.4, -0.2) is 90.4 Å². The predicted octanol–water partition coefficient (Wildman–Crippen LogP) is 0.853. The molecule has 3 saturated heterocycles. The smallest absolute Gasteiger partial charge is 0.373 e. The Kier molecular flexibility index (Phi) is 8.08. The van der Waals surface area contributed by atoms with E-state index in [9.17, 15) is 35.9 Å². The van der Waals surface area contributed by atoms with Crippen LogP contribution < -0.4 is 21.1 Å². The maximum Gasteiger partial charge on any atom is 0.419 e. The molecule has 3 fully saturated rings. The molecule has 0 aromatic carbocycles. The van der Waals surface area contributed by atoms with Crippen molar-refractivity contribution in [3.8, 4) is 0 Å². The van der Waals surface area contributed by atoms with E-state index in [1.54, 1.807) is 9.80 Å². The number of ether oxygens (including phenoxy) is 1. The SMILES string of the molecule is O=C1NNCC(NC[C@H]2CC[C@H](CC(=O)N3CCN(c4ncc(C(F)(F)F)cn4)CC3)O2)C1C(F)(F)F. The summed E-state index contributed by atoms with van der Waals surface area (Å²) < 4.78 is 83.7. The monoisotopic (exact) mass is 539 g/mol. The van der Waals surface area contributed by atoms with Crippen LogP contribution in [0.5, 0.6) is 0 Å². The van der Waals surface area contributed by atoms with E-state index in [0.29, 0.717) is 39.0 Å². The van der Waals surface area contributed by atoms with Crippen molar-refractivity contribution in [2.24, 2.45) is 5.92 Å². The van der Waals surface area contributed by atoms with Gasteiger partial charge in [-0.3, -0.25) is 15.0 Å². The molecule has 0 radical (unpaired) electrons. The Morgan fingerprint density at radius 3 is 2.32 bits per heavy atom. The van der Waals surface area contributed by atoms with Crippen LogP contribution in [0.4, 0.5) is 32.3 Å². The molecule has 3 aliphatic heterocycles. The quantitative estimate of drug-likeness (QED) is 0.457. The van der Waals surface area contributed by atoms with Gasteiger partial charge in [-0.25, -0.2) is 15.4 Å². The first-order valence-electron chi connectivity index (χ1n) is 11.8. The molecule has 4 heterocycles. The lowest BCUT2D eigenvalue weighted by Gasteiger charge is -2.35. The van der Waals surface area contributed by atoms with Crippen LogP contribution in [0.2, 0.25) is 0 Å². The standard InChI is InChI=1S/C21H27F6N7O3/c22-20(23,24)12-8-29-19(30-9-12)34-5-3-33(4-6-34)16(35)7-13-1-2-14(37-13)10-28-15-11-31-32-18(36)17(15)21(25,26)27/h8-9,13-15,17,28,31H,1-7,10-11H2,(H,32,36)/t13-,14-,15?,17?/m1/s1. The molecule has 0 aliphatic carbocycles. The van der Waals surface area contributed by atoms with Crippen molar-refractivity contribution in [3.63, 3.8) is 0 Å². The molecule has 0 saturated carbocycles. The van der Waals surface area contributed by atoms with Crippen molar-refractivity contribution in [1.29, 1.82) is 0 Å². The second-order valence-electron chi connectivity index (χ2n) is 9.20. The number of hydrazine groups is 1. The molecular weight excluding hydrogens is 512 g/mol. The number of carbonyl (C=O) groups excluding carboxylic acids is 2. The second-order valence-corrected chi connectivity index (χ2v) is 9.20. The van der Waals surface area contributed by atoms with Crippen molar-refractivity contribution < 1.29 is 40.7 Å². The van der Waals surface area contributed by atoms with Gasteiger partial charge in [0.05, 0.1) is 24.2 Å². The van der Waals surface area contributed by atoms with Gasteiger partial charge in [0.25, 0.3) is 0 Å². The average molecular weight is 539 g/mol. The van der Waals surface area contributed by atoms with Crippen LogP contribution in [0.1, 0.15) is 24.8 Å². The van der Waals surface area contributed by atoms with Crippen LogP contribution in [0.3, 0.4) is 0 Å². The number of hydrogen-bond donors (Lipinski definition) is 3. The number of amides is 2. The van der Waals surface area contributed by atoms with Crippen molar-refractivity contribution in [3.05, 3.63) is 18.0 Å². The minimum atomic E-state index is -4.68. The third kappa shape index (κ3) is 6.78. The first-order valence-corrected chi connectivity index (χ1v) is 11.8. The summed E-state index contributed by atoms with van der Waals surface area (Å²) in [6, 6.07) is -1.14. The van der Waals surface area contributed by atoms with E-state index in [-0.39, 0.29) is 43.6 Å². The van der Waals surface area contributed by atoms with Crippen molar-refractivity contribution in [2.45, 2.75) is 49.9 Å². The van der Waals surface area contributed by atoms with E-state index in [1.165, 1.54) is 0 Å². The largest absolute Gasteiger partial charge is 0.419 e. The number of aromatic nitrogens is 2. The number of nitrogens with one attached hydrogen (secondary N) is 3. The van der Waals surface area contributed by atoms with E-state index in [1.807, 2.05) is 5.43 Å². The van der Waals surface area contributed by atoms with Gasteiger partial charge < -0.3 is 19.9 Å². The maximum atomic E-state index is 13.3. The maximum absolute atomic E-state index is 13.3. The molecule has 2 amide bonds. The van der Waals surface area contributed by atoms with Crippen LogP contribution >= 0.6 is 0 Å². The number of halogens is 6. The van der Waals surface area contributed by atoms with E-state index in [0.717, 1.165) is 12.4 Å². The highest BCUT2D eigenvalue weighted by Gasteiger charge is 2.51. The van der Waals surface area contributed by atoms with Gasteiger partial charge in [0, 0.05) is 57.7 Å². The normalized spacial score (nSPS) is 27.4. The van der Waals surface area contributed by atoms with E-state index in [2.05, 4.69) is 20.7 Å². The molecule has 4 rings (SSSR count). The summed E-state index contributed by atoms with van der Waals surface area (Å²) in [5.74, 6) is -3.29. The van der Waals surface area contributed by atoms with Crippen molar-refractivity contribution >= 4 is 17.8 Å². The summed E-state index contributed by atoms with van der Waals surface area (Å²) in [6.07, 6.45) is -7.25. The number of piperazine rings is 1. The van der Waals surface area contributed by atoms with Crippen LogP contribution in [0, 0.1) is 5.92 Å². The first-order chi connectivity index (χ1) is 17.4. The van der Waals surface area contributed by atoms with Gasteiger partial charge in [-0.2, -0.15) is 26.3 Å². The molecular formula is C21H27F6N7O3. The highest BCUT2D eigenvalue weighted by atomic mass is 19.4. The molecule has 0 spiro atoms. The second kappa shape index (κ2) is 10.9. The van der Waals surface area contributed by atoms with E-state index in [4.69, 9.17) is 4.74 Å². The zero-order valence-corrected chi connectivity index (χ0v) is 19.6. The molecule has 1 aromatic heterocycles. The van der Waals surface area contributed by atoms with E-state index < -0.39 is 35.8 Å². The molecule has 1 aromatic rings. The number of rotatable bonds is 6. The van der Waals surface area contributed by atoms with E-state index >= 15 is 0 Å². The van der Waals surface area contributed by atoms with Gasteiger partial charge in [-0.1, -0.05) is 0 Å². The van der Waals surface area contributed by atoms with Crippen LogP contribution in [-0.2, 0) is 20.5 Å².